The molecule has 4 rings (SSSR count). The molecule has 1 saturated heterocycles. The molecule has 0 bridgehead atoms. The Kier molecular flexibility index (Phi) is 2.07. The molecule has 0 radical (unpaired) electrons. The molecule has 0 saturated carbocycles. The number of anilines is 1. The maximum absolute atomic E-state index is 12.4. The molecule has 1 atom stereocenters. The highest BCUT2D eigenvalue weighted by Crippen LogP contribution is 2.47. The summed E-state index contributed by atoms with van der Waals surface area (Å²) < 4.78 is 0. The standard InChI is InChI=1S/C14H13N3OS/c1-2-14-8-17(14)13(18)12-10(16-14)7-11(19-12)9-3-5-15-6-4-9/h3-7,16H,2,8H2,1H3. The average Bonchev–Trinajstić information content (AvgIpc) is 3.03. The molecule has 1 amide bonds. The third-order valence-corrected chi connectivity index (χ3v) is 5.09. The minimum atomic E-state index is -0.110. The summed E-state index contributed by atoms with van der Waals surface area (Å²) in [4.78, 5) is 20.2. The number of fused-ring (bicyclic) bond motifs is 2. The van der Waals surface area contributed by atoms with Gasteiger partial charge in [0.2, 0.25) is 0 Å². The minimum Gasteiger partial charge on any atom is -0.360 e. The van der Waals surface area contributed by atoms with E-state index in [4.69, 9.17) is 0 Å². The van der Waals surface area contributed by atoms with E-state index in [1.165, 1.54) is 0 Å². The normalized spacial score (nSPS) is 23.6. The molecular weight excluding hydrogens is 258 g/mol. The molecule has 2 aliphatic heterocycles. The van der Waals surface area contributed by atoms with Crippen molar-refractivity contribution in [2.45, 2.75) is 19.0 Å². The van der Waals surface area contributed by atoms with E-state index in [-0.39, 0.29) is 11.6 Å². The monoisotopic (exact) mass is 271 g/mol. The SMILES string of the molecule is CCC12CN1C(=O)c1sc(-c3ccncc3)cc1N2. The molecule has 2 aromatic heterocycles. The number of amides is 1. The Balaban J connectivity index is 1.78. The van der Waals surface area contributed by atoms with E-state index >= 15 is 0 Å². The number of pyridine rings is 1. The molecule has 0 aliphatic carbocycles. The maximum atomic E-state index is 12.4. The van der Waals surface area contributed by atoms with Crippen molar-refractivity contribution in [2.75, 3.05) is 11.9 Å². The van der Waals surface area contributed by atoms with Crippen LogP contribution in [0.5, 0.6) is 0 Å². The summed E-state index contributed by atoms with van der Waals surface area (Å²) in [5, 5.41) is 3.52. The van der Waals surface area contributed by atoms with Gasteiger partial charge in [0.15, 0.2) is 0 Å². The van der Waals surface area contributed by atoms with Gasteiger partial charge in [0.05, 0.1) is 12.2 Å². The summed E-state index contributed by atoms with van der Waals surface area (Å²) in [7, 11) is 0. The zero-order valence-electron chi connectivity index (χ0n) is 10.5. The fourth-order valence-electron chi connectivity index (χ4n) is 2.66. The van der Waals surface area contributed by atoms with E-state index in [2.05, 4.69) is 23.3 Å². The zero-order chi connectivity index (χ0) is 13.0. The van der Waals surface area contributed by atoms with Gasteiger partial charge in [-0.3, -0.25) is 9.78 Å². The Morgan fingerprint density at radius 2 is 2.26 bits per heavy atom. The van der Waals surface area contributed by atoms with Gasteiger partial charge in [0, 0.05) is 17.3 Å². The topological polar surface area (TPSA) is 45.0 Å². The van der Waals surface area contributed by atoms with Crippen molar-refractivity contribution >= 4 is 22.9 Å². The lowest BCUT2D eigenvalue weighted by Gasteiger charge is -2.23. The third kappa shape index (κ3) is 1.45. The van der Waals surface area contributed by atoms with Crippen LogP contribution in [0.15, 0.2) is 30.6 Å². The van der Waals surface area contributed by atoms with Crippen LogP contribution in [0.3, 0.4) is 0 Å². The first kappa shape index (κ1) is 11.0. The largest absolute Gasteiger partial charge is 0.360 e. The summed E-state index contributed by atoms with van der Waals surface area (Å²) in [6.45, 7) is 2.94. The van der Waals surface area contributed by atoms with Gasteiger partial charge in [0.25, 0.3) is 5.91 Å². The fourth-order valence-corrected chi connectivity index (χ4v) is 3.73. The Labute approximate surface area is 115 Å². The van der Waals surface area contributed by atoms with Crippen molar-refractivity contribution < 1.29 is 4.79 Å². The maximum Gasteiger partial charge on any atom is 0.268 e. The Bertz CT molecular complexity index is 667. The predicted octanol–water partition coefficient (Wildman–Crippen LogP) is 2.80. The van der Waals surface area contributed by atoms with Gasteiger partial charge < -0.3 is 10.2 Å². The van der Waals surface area contributed by atoms with Gasteiger partial charge >= 0.3 is 0 Å². The van der Waals surface area contributed by atoms with Gasteiger partial charge in [0.1, 0.15) is 10.5 Å². The smallest absolute Gasteiger partial charge is 0.268 e. The summed E-state index contributed by atoms with van der Waals surface area (Å²) in [5.41, 5.74) is 1.98. The number of hydrogen-bond donors (Lipinski definition) is 1. The molecular formula is C14H13N3OS. The molecule has 5 heteroatoms. The number of carbonyl (C=O) groups is 1. The van der Waals surface area contributed by atoms with Crippen LogP contribution in [0.25, 0.3) is 10.4 Å². The quantitative estimate of drug-likeness (QED) is 0.854. The molecule has 96 valence electrons. The molecule has 4 nitrogen and oxygen atoms in total. The van der Waals surface area contributed by atoms with Crippen LogP contribution < -0.4 is 5.32 Å². The number of thiophene rings is 1. The number of aromatic nitrogens is 1. The molecule has 1 N–H and O–H groups in total. The first-order chi connectivity index (χ1) is 9.23. The Morgan fingerprint density at radius 3 is 3.00 bits per heavy atom. The van der Waals surface area contributed by atoms with E-state index in [9.17, 15) is 4.79 Å². The van der Waals surface area contributed by atoms with Gasteiger partial charge in [-0.15, -0.1) is 11.3 Å². The molecule has 2 aromatic rings. The first-order valence-electron chi connectivity index (χ1n) is 6.38. The van der Waals surface area contributed by atoms with Gasteiger partial charge in [-0.05, 0) is 30.2 Å². The van der Waals surface area contributed by atoms with Crippen molar-refractivity contribution in [3.05, 3.63) is 35.5 Å². The van der Waals surface area contributed by atoms with Crippen molar-refractivity contribution in [1.29, 1.82) is 0 Å². The Morgan fingerprint density at radius 1 is 1.47 bits per heavy atom. The van der Waals surface area contributed by atoms with Crippen molar-refractivity contribution in [2.24, 2.45) is 0 Å². The number of nitrogens with zero attached hydrogens (tertiary/aromatic N) is 2. The number of carbonyl (C=O) groups excluding carboxylic acids is 1. The third-order valence-electron chi connectivity index (χ3n) is 3.92. The average molecular weight is 271 g/mol. The zero-order valence-corrected chi connectivity index (χ0v) is 11.3. The van der Waals surface area contributed by atoms with Gasteiger partial charge in [-0.1, -0.05) is 6.92 Å². The predicted molar refractivity (Wildman–Crippen MR) is 75.2 cm³/mol. The molecule has 0 spiro atoms. The second kappa shape index (κ2) is 3.57. The second-order valence-electron chi connectivity index (χ2n) is 4.99. The van der Waals surface area contributed by atoms with Crippen LogP contribution in [0.4, 0.5) is 5.69 Å². The van der Waals surface area contributed by atoms with Crippen LogP contribution >= 0.6 is 11.3 Å². The van der Waals surface area contributed by atoms with Crippen LogP contribution in [-0.2, 0) is 0 Å². The van der Waals surface area contributed by atoms with E-state index in [0.717, 1.165) is 34.0 Å². The second-order valence-corrected chi connectivity index (χ2v) is 6.04. The van der Waals surface area contributed by atoms with Crippen LogP contribution in [-0.4, -0.2) is 28.0 Å². The molecule has 0 aromatic carbocycles. The van der Waals surface area contributed by atoms with Crippen LogP contribution in [0.1, 0.15) is 23.0 Å². The number of nitrogens with one attached hydrogen (secondary N) is 1. The number of hydrogen-bond acceptors (Lipinski definition) is 4. The summed E-state index contributed by atoms with van der Waals surface area (Å²) in [6.07, 6.45) is 4.49. The van der Waals surface area contributed by atoms with Crippen LogP contribution in [0.2, 0.25) is 0 Å². The van der Waals surface area contributed by atoms with Crippen LogP contribution in [0, 0.1) is 0 Å². The lowest BCUT2D eigenvalue weighted by molar-refractivity contribution is 0.0856. The Hall–Kier alpha value is -1.88. The summed E-state index contributed by atoms with van der Waals surface area (Å²) in [5.74, 6) is 0.168. The summed E-state index contributed by atoms with van der Waals surface area (Å²) >= 11 is 1.55. The molecule has 19 heavy (non-hydrogen) atoms. The summed E-state index contributed by atoms with van der Waals surface area (Å²) in [6, 6.07) is 6.02. The molecule has 1 fully saturated rings. The van der Waals surface area contributed by atoms with E-state index in [0.29, 0.717) is 0 Å². The van der Waals surface area contributed by atoms with Crippen molar-refractivity contribution in [3.8, 4) is 10.4 Å². The lowest BCUT2D eigenvalue weighted by atomic mass is 10.1. The molecule has 2 aliphatic rings. The highest BCUT2D eigenvalue weighted by molar-refractivity contribution is 7.18. The first-order valence-corrected chi connectivity index (χ1v) is 7.19. The van der Waals surface area contributed by atoms with E-state index < -0.39 is 0 Å². The lowest BCUT2D eigenvalue weighted by Crippen LogP contribution is -2.35. The van der Waals surface area contributed by atoms with Gasteiger partial charge in [-0.2, -0.15) is 0 Å². The number of rotatable bonds is 2. The van der Waals surface area contributed by atoms with Crippen molar-refractivity contribution in [3.63, 3.8) is 0 Å². The van der Waals surface area contributed by atoms with E-state index in [1.807, 2.05) is 17.0 Å². The fraction of sp³-hybridized carbons (Fsp3) is 0.286. The van der Waals surface area contributed by atoms with E-state index in [1.54, 1.807) is 23.7 Å². The van der Waals surface area contributed by atoms with Crippen molar-refractivity contribution in [1.82, 2.24) is 9.88 Å². The highest BCUT2D eigenvalue weighted by atomic mass is 32.1. The highest BCUT2D eigenvalue weighted by Gasteiger charge is 2.57. The molecule has 4 heterocycles. The minimum absolute atomic E-state index is 0.110. The molecule has 1 unspecified atom stereocenters. The van der Waals surface area contributed by atoms with Gasteiger partial charge in [-0.25, -0.2) is 0 Å².